The van der Waals surface area contributed by atoms with E-state index in [0.29, 0.717) is 18.1 Å². The lowest BCUT2D eigenvalue weighted by molar-refractivity contribution is 0.399. The molecule has 3 aromatic rings. The van der Waals surface area contributed by atoms with E-state index in [1.54, 1.807) is 25.7 Å². The molecule has 0 aliphatic carbocycles. The van der Waals surface area contributed by atoms with Crippen LogP contribution >= 0.6 is 0 Å². The molecule has 0 spiro atoms. The Kier molecular flexibility index (Phi) is 5.43. The van der Waals surface area contributed by atoms with Crippen LogP contribution in [0.15, 0.2) is 24.7 Å². The Balaban J connectivity index is 1.66. The summed E-state index contributed by atoms with van der Waals surface area (Å²) in [7, 11) is -2.10. The highest BCUT2D eigenvalue weighted by molar-refractivity contribution is 7.87. The number of nitrogens with one attached hydrogen (secondary N) is 1. The molecule has 1 aliphatic rings. The van der Waals surface area contributed by atoms with Gasteiger partial charge < -0.3 is 9.64 Å². The van der Waals surface area contributed by atoms with Crippen molar-refractivity contribution in [3.8, 4) is 5.88 Å². The van der Waals surface area contributed by atoms with E-state index in [1.165, 1.54) is 0 Å². The third-order valence-electron chi connectivity index (χ3n) is 5.21. The number of ether oxygens (including phenoxy) is 1. The first-order valence-corrected chi connectivity index (χ1v) is 11.0. The van der Waals surface area contributed by atoms with Crippen molar-refractivity contribution in [3.63, 3.8) is 0 Å². The van der Waals surface area contributed by atoms with E-state index >= 15 is 0 Å². The molecule has 0 aromatic carbocycles. The standard InChI is InChI=1S/C18H23N7O3S/c1-28-15-5-4-13-16-14(10-20-17(13)24-15)21-11-22-18(16)25-7-2-3-12(6-8-25)9-23-29(19,26)27/h4-5,10-12,23H,2-3,6-9H2,1H3,(H2,19,26,27). The van der Waals surface area contributed by atoms with E-state index in [1.807, 2.05) is 6.07 Å². The van der Waals surface area contributed by atoms with Crippen LogP contribution in [0.1, 0.15) is 19.3 Å². The highest BCUT2D eigenvalue weighted by atomic mass is 32.2. The monoisotopic (exact) mass is 417 g/mol. The van der Waals surface area contributed by atoms with Gasteiger partial charge >= 0.3 is 0 Å². The maximum Gasteiger partial charge on any atom is 0.274 e. The summed E-state index contributed by atoms with van der Waals surface area (Å²) in [6, 6.07) is 3.73. The highest BCUT2D eigenvalue weighted by Crippen LogP contribution is 2.31. The molecule has 10 nitrogen and oxygen atoms in total. The van der Waals surface area contributed by atoms with E-state index in [-0.39, 0.29) is 5.92 Å². The predicted octanol–water partition coefficient (Wildman–Crippen LogP) is 0.981. The lowest BCUT2D eigenvalue weighted by Crippen LogP contribution is -2.35. The number of aromatic nitrogens is 4. The Morgan fingerprint density at radius 2 is 2.10 bits per heavy atom. The van der Waals surface area contributed by atoms with Crippen LogP contribution in [0.5, 0.6) is 5.88 Å². The minimum Gasteiger partial charge on any atom is -0.481 e. The maximum absolute atomic E-state index is 11.2. The van der Waals surface area contributed by atoms with Gasteiger partial charge in [0.1, 0.15) is 12.1 Å². The summed E-state index contributed by atoms with van der Waals surface area (Å²) in [5.74, 6) is 1.58. The van der Waals surface area contributed by atoms with Gasteiger partial charge in [0.15, 0.2) is 5.65 Å². The zero-order valence-corrected chi connectivity index (χ0v) is 16.9. The molecule has 0 radical (unpaired) electrons. The van der Waals surface area contributed by atoms with Gasteiger partial charge in [-0.2, -0.15) is 13.4 Å². The van der Waals surface area contributed by atoms with Crippen molar-refractivity contribution in [1.29, 1.82) is 0 Å². The Morgan fingerprint density at radius 3 is 2.90 bits per heavy atom. The fourth-order valence-corrected chi connectivity index (χ4v) is 4.23. The van der Waals surface area contributed by atoms with Gasteiger partial charge in [0, 0.05) is 31.1 Å². The van der Waals surface area contributed by atoms with Crippen molar-refractivity contribution >= 4 is 38.0 Å². The molecule has 29 heavy (non-hydrogen) atoms. The number of pyridine rings is 2. The Hall–Kier alpha value is -2.63. The summed E-state index contributed by atoms with van der Waals surface area (Å²) in [5, 5.41) is 6.84. The molecule has 0 amide bonds. The zero-order valence-electron chi connectivity index (χ0n) is 16.1. The number of hydrogen-bond donors (Lipinski definition) is 2. The number of rotatable bonds is 5. The fraction of sp³-hybridized carbons (Fsp3) is 0.444. The van der Waals surface area contributed by atoms with Gasteiger partial charge in [0.05, 0.1) is 24.2 Å². The molecule has 0 bridgehead atoms. The van der Waals surface area contributed by atoms with Crippen molar-refractivity contribution in [2.45, 2.75) is 19.3 Å². The number of nitrogens with zero attached hydrogens (tertiary/aromatic N) is 5. The first kappa shape index (κ1) is 19.7. The molecule has 1 unspecified atom stereocenters. The molecule has 154 valence electrons. The molecule has 1 saturated heterocycles. The molecular weight excluding hydrogens is 394 g/mol. The summed E-state index contributed by atoms with van der Waals surface area (Å²) in [4.78, 5) is 20.0. The predicted molar refractivity (Wildman–Crippen MR) is 110 cm³/mol. The summed E-state index contributed by atoms with van der Waals surface area (Å²) >= 11 is 0. The van der Waals surface area contributed by atoms with Crippen LogP contribution in [0, 0.1) is 5.92 Å². The van der Waals surface area contributed by atoms with Crippen LogP contribution in [0.4, 0.5) is 5.82 Å². The average Bonchev–Trinajstić information content (AvgIpc) is 2.96. The molecule has 4 rings (SSSR count). The number of hydrogen-bond acceptors (Lipinski definition) is 8. The summed E-state index contributed by atoms with van der Waals surface area (Å²) < 4.78 is 30.0. The van der Waals surface area contributed by atoms with Gasteiger partial charge in [-0.25, -0.2) is 24.8 Å². The molecule has 11 heteroatoms. The molecule has 3 N–H and O–H groups in total. The SMILES string of the molecule is COc1ccc2c(ncc3ncnc(N4CCCC(CNS(N)(=O)=O)CC4)c32)n1. The lowest BCUT2D eigenvalue weighted by Gasteiger charge is -2.23. The Bertz CT molecular complexity index is 1140. The molecule has 1 atom stereocenters. The lowest BCUT2D eigenvalue weighted by atomic mass is 10.0. The fourth-order valence-electron chi connectivity index (χ4n) is 3.76. The Morgan fingerprint density at radius 1 is 1.24 bits per heavy atom. The van der Waals surface area contributed by atoms with Gasteiger partial charge in [-0.05, 0) is 31.2 Å². The first-order chi connectivity index (χ1) is 13.9. The van der Waals surface area contributed by atoms with Gasteiger partial charge in [-0.15, -0.1) is 0 Å². The first-order valence-electron chi connectivity index (χ1n) is 9.41. The summed E-state index contributed by atoms with van der Waals surface area (Å²) in [6.07, 6.45) is 5.93. The second-order valence-corrected chi connectivity index (χ2v) is 8.50. The number of nitrogens with two attached hydrogens (primary N) is 1. The number of fused-ring (bicyclic) bond motifs is 3. The van der Waals surface area contributed by atoms with Crippen molar-refractivity contribution < 1.29 is 13.2 Å². The third kappa shape index (κ3) is 4.36. The van der Waals surface area contributed by atoms with Crippen molar-refractivity contribution in [3.05, 3.63) is 24.7 Å². The quantitative estimate of drug-likeness (QED) is 0.586. The molecule has 3 aromatic heterocycles. The van der Waals surface area contributed by atoms with Crippen LogP contribution in [0.2, 0.25) is 0 Å². The van der Waals surface area contributed by atoms with Crippen molar-refractivity contribution in [2.24, 2.45) is 11.1 Å². The van der Waals surface area contributed by atoms with Gasteiger partial charge in [-0.1, -0.05) is 0 Å². The highest BCUT2D eigenvalue weighted by Gasteiger charge is 2.22. The van der Waals surface area contributed by atoms with Gasteiger partial charge in [0.25, 0.3) is 10.2 Å². The van der Waals surface area contributed by atoms with E-state index in [9.17, 15) is 8.42 Å². The molecule has 0 saturated carbocycles. The smallest absolute Gasteiger partial charge is 0.274 e. The number of methoxy groups -OCH3 is 1. The molecular formula is C18H23N7O3S. The van der Waals surface area contributed by atoms with Crippen LogP contribution in [-0.4, -0.2) is 55.1 Å². The van der Waals surface area contributed by atoms with E-state index in [4.69, 9.17) is 9.88 Å². The largest absolute Gasteiger partial charge is 0.481 e. The van der Waals surface area contributed by atoms with E-state index < -0.39 is 10.2 Å². The second kappa shape index (κ2) is 8.01. The van der Waals surface area contributed by atoms with E-state index in [0.717, 1.165) is 54.5 Å². The van der Waals surface area contributed by atoms with Gasteiger partial charge in [-0.3, -0.25) is 0 Å². The van der Waals surface area contributed by atoms with Crippen LogP contribution < -0.4 is 19.5 Å². The van der Waals surface area contributed by atoms with Crippen molar-refractivity contribution in [1.82, 2.24) is 24.7 Å². The average molecular weight is 417 g/mol. The van der Waals surface area contributed by atoms with Crippen LogP contribution in [-0.2, 0) is 10.2 Å². The van der Waals surface area contributed by atoms with Crippen LogP contribution in [0.25, 0.3) is 21.9 Å². The third-order valence-corrected chi connectivity index (χ3v) is 5.78. The van der Waals surface area contributed by atoms with Gasteiger partial charge in [0.2, 0.25) is 5.88 Å². The second-order valence-electron chi connectivity index (χ2n) is 7.12. The maximum atomic E-state index is 11.2. The molecule has 4 heterocycles. The minimum atomic E-state index is -3.67. The topological polar surface area (TPSA) is 136 Å². The minimum absolute atomic E-state index is 0.232. The summed E-state index contributed by atoms with van der Waals surface area (Å²) in [6.45, 7) is 1.94. The number of anilines is 1. The normalized spacial score (nSPS) is 18.1. The molecule has 1 fully saturated rings. The van der Waals surface area contributed by atoms with E-state index in [2.05, 4.69) is 29.6 Å². The zero-order chi connectivity index (χ0) is 20.4. The molecule has 1 aliphatic heterocycles. The van der Waals surface area contributed by atoms with Crippen molar-refractivity contribution in [2.75, 3.05) is 31.6 Å². The summed E-state index contributed by atoms with van der Waals surface area (Å²) in [5.41, 5.74) is 1.34. The Labute approximate surface area is 168 Å². The van der Waals surface area contributed by atoms with Crippen LogP contribution in [0.3, 0.4) is 0 Å².